The molecule has 0 amide bonds. The number of fused-ring (bicyclic) bond motifs is 13. The van der Waals surface area contributed by atoms with Crippen molar-refractivity contribution in [2.45, 2.75) is 19.3 Å². The number of benzene rings is 10. The van der Waals surface area contributed by atoms with Gasteiger partial charge in [-0.15, -0.1) is 0 Å². The van der Waals surface area contributed by atoms with Gasteiger partial charge in [-0.1, -0.05) is 141 Å². The highest BCUT2D eigenvalue weighted by Gasteiger charge is 2.36. The SMILES string of the molecule is CC1(C)c2ccccc2-c2cc3c4cc5c6ccccc6c6ccccc6c5cc4n(-c4ccc(-c5nc6ccccc6n5-c5ccc(-c6ccccc6)cc5)cc4)c3cc21. The van der Waals surface area contributed by atoms with Gasteiger partial charge in [-0.05, 0) is 138 Å². The number of aromatic nitrogens is 3. The molecule has 0 spiro atoms. The molecule has 1 aliphatic carbocycles. The Morgan fingerprint density at radius 1 is 0.344 bits per heavy atom. The third-order valence-electron chi connectivity index (χ3n) is 13.5. The zero-order valence-electron chi connectivity index (χ0n) is 33.9. The Hall–Kier alpha value is -7.75. The van der Waals surface area contributed by atoms with E-state index in [1.165, 1.54) is 87.5 Å². The highest BCUT2D eigenvalue weighted by Crippen LogP contribution is 2.51. The van der Waals surface area contributed by atoms with Crippen molar-refractivity contribution in [3.8, 4) is 45.0 Å². The van der Waals surface area contributed by atoms with E-state index in [9.17, 15) is 0 Å². The van der Waals surface area contributed by atoms with Gasteiger partial charge >= 0.3 is 0 Å². The molecule has 2 heterocycles. The van der Waals surface area contributed by atoms with Crippen LogP contribution < -0.4 is 0 Å². The maximum absolute atomic E-state index is 5.25. The van der Waals surface area contributed by atoms with Crippen LogP contribution in [-0.2, 0) is 5.41 Å². The first-order valence-corrected chi connectivity index (χ1v) is 21.2. The Balaban J connectivity index is 1.04. The monoisotopic (exact) mass is 777 g/mol. The van der Waals surface area contributed by atoms with Gasteiger partial charge in [-0.25, -0.2) is 4.98 Å². The fraction of sp³-hybridized carbons (Fsp3) is 0.0517. The van der Waals surface area contributed by atoms with Crippen molar-refractivity contribution < 1.29 is 0 Å². The topological polar surface area (TPSA) is 22.8 Å². The number of rotatable bonds is 4. The highest BCUT2D eigenvalue weighted by atomic mass is 15.1. The van der Waals surface area contributed by atoms with Crippen molar-refractivity contribution >= 4 is 65.2 Å². The van der Waals surface area contributed by atoms with Crippen LogP contribution in [0.25, 0.3) is 110 Å². The van der Waals surface area contributed by atoms with Crippen LogP contribution >= 0.6 is 0 Å². The third-order valence-corrected chi connectivity index (χ3v) is 13.5. The summed E-state index contributed by atoms with van der Waals surface area (Å²) < 4.78 is 4.80. The lowest BCUT2D eigenvalue weighted by atomic mass is 9.82. The lowest BCUT2D eigenvalue weighted by Gasteiger charge is -2.21. The molecule has 0 saturated carbocycles. The van der Waals surface area contributed by atoms with Crippen LogP contribution in [0.5, 0.6) is 0 Å². The minimum atomic E-state index is -0.124. The first kappa shape index (κ1) is 34.1. The molecule has 12 aromatic rings. The van der Waals surface area contributed by atoms with Gasteiger partial charge in [0, 0.05) is 33.1 Å². The van der Waals surface area contributed by atoms with Gasteiger partial charge in [0.25, 0.3) is 0 Å². The van der Waals surface area contributed by atoms with E-state index >= 15 is 0 Å². The molecule has 0 radical (unpaired) electrons. The lowest BCUT2D eigenvalue weighted by molar-refractivity contribution is 0.661. The van der Waals surface area contributed by atoms with E-state index in [0.717, 1.165) is 33.8 Å². The predicted octanol–water partition coefficient (Wildman–Crippen LogP) is 15.2. The molecule has 0 atom stereocenters. The first-order chi connectivity index (χ1) is 30.0. The average molecular weight is 778 g/mol. The minimum Gasteiger partial charge on any atom is -0.309 e. The van der Waals surface area contributed by atoms with Gasteiger partial charge in [-0.3, -0.25) is 4.57 Å². The molecule has 10 aromatic carbocycles. The molecule has 3 heteroatoms. The van der Waals surface area contributed by atoms with Crippen LogP contribution in [0.3, 0.4) is 0 Å². The summed E-state index contributed by atoms with van der Waals surface area (Å²) in [5.74, 6) is 0.920. The molecule has 61 heavy (non-hydrogen) atoms. The lowest BCUT2D eigenvalue weighted by Crippen LogP contribution is -2.14. The number of imidazole rings is 1. The van der Waals surface area contributed by atoms with Crippen molar-refractivity contribution in [2.24, 2.45) is 0 Å². The normalized spacial score (nSPS) is 13.2. The Bertz CT molecular complexity index is 3750. The van der Waals surface area contributed by atoms with E-state index in [1.807, 2.05) is 0 Å². The smallest absolute Gasteiger partial charge is 0.145 e. The van der Waals surface area contributed by atoms with Gasteiger partial charge < -0.3 is 4.57 Å². The molecule has 0 bridgehead atoms. The van der Waals surface area contributed by atoms with E-state index in [2.05, 4.69) is 223 Å². The minimum absolute atomic E-state index is 0.124. The van der Waals surface area contributed by atoms with Crippen LogP contribution in [0.1, 0.15) is 25.0 Å². The molecule has 0 aliphatic heterocycles. The summed E-state index contributed by atoms with van der Waals surface area (Å²) in [6.07, 6.45) is 0. The molecular formula is C58H39N3. The summed E-state index contributed by atoms with van der Waals surface area (Å²) in [5.41, 5.74) is 15.5. The van der Waals surface area contributed by atoms with E-state index in [1.54, 1.807) is 0 Å². The standard InChI is InChI=1S/C58H39N3/c1-58(2)51-21-11-10-20-45(51)48-33-50-49-32-46-43-18-8-6-16-41(43)42-17-7-9-19-44(42)47(46)34-55(49)60(56(50)35-52(48)58)39-30-26-38(27-31-39)57-59-53-22-12-13-23-54(53)61(57)40-28-24-37(25-29-40)36-14-4-3-5-15-36/h3-35H,1-2H3. The van der Waals surface area contributed by atoms with E-state index in [4.69, 9.17) is 4.98 Å². The zero-order valence-corrected chi connectivity index (χ0v) is 33.9. The molecule has 0 N–H and O–H groups in total. The molecule has 286 valence electrons. The molecule has 0 unspecified atom stereocenters. The Morgan fingerprint density at radius 2 is 0.869 bits per heavy atom. The van der Waals surface area contributed by atoms with Crippen molar-refractivity contribution in [1.29, 1.82) is 0 Å². The molecular weight excluding hydrogens is 739 g/mol. The van der Waals surface area contributed by atoms with E-state index < -0.39 is 0 Å². The first-order valence-electron chi connectivity index (χ1n) is 21.2. The fourth-order valence-electron chi connectivity index (χ4n) is 10.6. The van der Waals surface area contributed by atoms with Crippen molar-refractivity contribution in [1.82, 2.24) is 14.1 Å². The number of hydrogen-bond donors (Lipinski definition) is 0. The van der Waals surface area contributed by atoms with Crippen LogP contribution in [0, 0.1) is 0 Å². The second-order valence-electron chi connectivity index (χ2n) is 17.1. The number of para-hydroxylation sites is 2. The van der Waals surface area contributed by atoms with Crippen molar-refractivity contribution in [2.75, 3.05) is 0 Å². The molecule has 0 fully saturated rings. The van der Waals surface area contributed by atoms with Gasteiger partial charge in [0.05, 0.1) is 22.1 Å². The molecule has 13 rings (SSSR count). The molecule has 3 nitrogen and oxygen atoms in total. The molecule has 2 aromatic heterocycles. The second kappa shape index (κ2) is 12.6. The summed E-state index contributed by atoms with van der Waals surface area (Å²) in [7, 11) is 0. The van der Waals surface area contributed by atoms with E-state index in [-0.39, 0.29) is 5.41 Å². The highest BCUT2D eigenvalue weighted by molar-refractivity contribution is 6.29. The maximum atomic E-state index is 5.25. The van der Waals surface area contributed by atoms with Crippen molar-refractivity contribution in [3.05, 3.63) is 211 Å². The van der Waals surface area contributed by atoms with Crippen LogP contribution in [-0.4, -0.2) is 14.1 Å². The maximum Gasteiger partial charge on any atom is 0.145 e. The summed E-state index contributed by atoms with van der Waals surface area (Å²) in [6, 6.07) is 73.5. The Labute approximate surface area is 353 Å². The van der Waals surface area contributed by atoms with Crippen LogP contribution in [0.4, 0.5) is 0 Å². The van der Waals surface area contributed by atoms with Gasteiger partial charge in [0.2, 0.25) is 0 Å². The molecule has 0 saturated heterocycles. The number of nitrogens with zero attached hydrogens (tertiary/aromatic N) is 3. The Morgan fingerprint density at radius 3 is 1.59 bits per heavy atom. The average Bonchev–Trinajstić information content (AvgIpc) is 3.93. The fourth-order valence-corrected chi connectivity index (χ4v) is 10.6. The zero-order chi connectivity index (χ0) is 40.4. The second-order valence-corrected chi connectivity index (χ2v) is 17.1. The quantitative estimate of drug-likeness (QED) is 0.163. The summed E-state index contributed by atoms with van der Waals surface area (Å²) in [4.78, 5) is 5.25. The van der Waals surface area contributed by atoms with Crippen LogP contribution in [0.2, 0.25) is 0 Å². The van der Waals surface area contributed by atoms with Crippen molar-refractivity contribution in [3.63, 3.8) is 0 Å². The molecule has 1 aliphatic rings. The number of hydrogen-bond acceptors (Lipinski definition) is 1. The Kier molecular flexibility index (Phi) is 7.07. The van der Waals surface area contributed by atoms with Gasteiger partial charge in [0.15, 0.2) is 0 Å². The van der Waals surface area contributed by atoms with E-state index in [0.29, 0.717) is 0 Å². The largest absolute Gasteiger partial charge is 0.309 e. The predicted molar refractivity (Wildman–Crippen MR) is 256 cm³/mol. The van der Waals surface area contributed by atoms with Gasteiger partial charge in [-0.2, -0.15) is 0 Å². The summed E-state index contributed by atoms with van der Waals surface area (Å²) in [6.45, 7) is 4.75. The summed E-state index contributed by atoms with van der Waals surface area (Å²) >= 11 is 0. The summed E-state index contributed by atoms with van der Waals surface area (Å²) in [5, 5.41) is 10.2. The van der Waals surface area contributed by atoms with Gasteiger partial charge in [0.1, 0.15) is 5.82 Å². The van der Waals surface area contributed by atoms with Crippen LogP contribution in [0.15, 0.2) is 200 Å². The third kappa shape index (κ3) is 4.89.